The fourth-order valence-electron chi connectivity index (χ4n) is 4.11. The quantitative estimate of drug-likeness (QED) is 0.682. The van der Waals surface area contributed by atoms with E-state index in [0.29, 0.717) is 56.1 Å². The van der Waals surface area contributed by atoms with E-state index in [2.05, 4.69) is 0 Å². The lowest BCUT2D eigenvalue weighted by Crippen LogP contribution is -2.44. The van der Waals surface area contributed by atoms with Gasteiger partial charge in [-0.05, 0) is 42.7 Å². The van der Waals surface area contributed by atoms with E-state index < -0.39 is 11.4 Å². The highest BCUT2D eigenvalue weighted by Gasteiger charge is 2.48. The average Bonchev–Trinajstić information content (AvgIpc) is 3.17. The van der Waals surface area contributed by atoms with Crippen LogP contribution in [0, 0.1) is 5.82 Å². The van der Waals surface area contributed by atoms with E-state index in [1.54, 1.807) is 19.2 Å². The summed E-state index contributed by atoms with van der Waals surface area (Å²) in [7, 11) is 1.63. The number of halogens is 2. The lowest BCUT2D eigenvalue weighted by Gasteiger charge is -2.44. The minimum atomic E-state index is -0.741. The van der Waals surface area contributed by atoms with Crippen LogP contribution in [0.2, 0.25) is 5.02 Å². The topological polar surface area (TPSA) is 36.9 Å². The SMILES string of the molecule is COc1ccc(COC2(c3ccc(Cl)cc3F)CCC3(CC2)OCCO3)cc1. The molecule has 1 aliphatic heterocycles. The van der Waals surface area contributed by atoms with Crippen molar-refractivity contribution in [2.75, 3.05) is 20.3 Å². The summed E-state index contributed by atoms with van der Waals surface area (Å²) in [5.74, 6) is -0.0978. The van der Waals surface area contributed by atoms with E-state index in [0.717, 1.165) is 11.3 Å². The van der Waals surface area contributed by atoms with Crippen LogP contribution in [0.1, 0.15) is 36.8 Å². The molecule has 4 rings (SSSR count). The van der Waals surface area contributed by atoms with Gasteiger partial charge in [0.2, 0.25) is 0 Å². The van der Waals surface area contributed by atoms with Gasteiger partial charge in [0, 0.05) is 23.4 Å². The predicted octanol–water partition coefficient (Wildman–Crippen LogP) is 5.22. The van der Waals surface area contributed by atoms with E-state index in [4.69, 9.17) is 30.5 Å². The Hall–Kier alpha value is -1.66. The van der Waals surface area contributed by atoms with Crippen molar-refractivity contribution < 1.29 is 23.3 Å². The van der Waals surface area contributed by atoms with Crippen molar-refractivity contribution >= 4 is 11.6 Å². The van der Waals surface area contributed by atoms with Gasteiger partial charge in [-0.1, -0.05) is 29.8 Å². The Morgan fingerprint density at radius 1 is 1.00 bits per heavy atom. The van der Waals surface area contributed by atoms with Crippen LogP contribution in [-0.2, 0) is 26.4 Å². The van der Waals surface area contributed by atoms with Crippen LogP contribution < -0.4 is 4.74 Å². The zero-order chi connectivity index (χ0) is 19.6. The van der Waals surface area contributed by atoms with Crippen molar-refractivity contribution in [3.8, 4) is 5.75 Å². The predicted molar refractivity (Wildman–Crippen MR) is 104 cm³/mol. The summed E-state index contributed by atoms with van der Waals surface area (Å²) in [6.45, 7) is 1.59. The zero-order valence-corrected chi connectivity index (χ0v) is 16.6. The van der Waals surface area contributed by atoms with Crippen molar-refractivity contribution in [1.82, 2.24) is 0 Å². The number of ether oxygens (including phenoxy) is 4. The van der Waals surface area contributed by atoms with Gasteiger partial charge >= 0.3 is 0 Å². The highest BCUT2D eigenvalue weighted by atomic mass is 35.5. The van der Waals surface area contributed by atoms with Gasteiger partial charge in [0.15, 0.2) is 5.79 Å². The number of methoxy groups -OCH3 is 1. The molecule has 0 amide bonds. The standard InChI is InChI=1S/C22H24ClFO4/c1-25-18-5-2-16(3-6-18)15-28-21(19-7-4-17(23)14-20(19)24)8-10-22(11-9-21)26-12-13-27-22/h2-7,14H,8-13,15H2,1H3. The molecule has 6 heteroatoms. The van der Waals surface area contributed by atoms with Gasteiger partial charge < -0.3 is 18.9 Å². The summed E-state index contributed by atoms with van der Waals surface area (Å²) in [4.78, 5) is 0. The molecule has 0 atom stereocenters. The average molecular weight is 407 g/mol. The van der Waals surface area contributed by atoms with Gasteiger partial charge in [0.05, 0.1) is 32.5 Å². The first-order chi connectivity index (χ1) is 13.5. The minimum absolute atomic E-state index is 0.341. The Bertz CT molecular complexity index is 808. The summed E-state index contributed by atoms with van der Waals surface area (Å²) in [6.07, 6.45) is 2.55. The van der Waals surface area contributed by atoms with E-state index in [9.17, 15) is 4.39 Å². The molecule has 150 valence electrons. The number of hydrogen-bond acceptors (Lipinski definition) is 4. The smallest absolute Gasteiger partial charge is 0.168 e. The molecule has 0 radical (unpaired) electrons. The first-order valence-electron chi connectivity index (χ1n) is 9.55. The maximum atomic E-state index is 14.8. The summed E-state index contributed by atoms with van der Waals surface area (Å²) in [5, 5.41) is 0.376. The van der Waals surface area contributed by atoms with Crippen LogP contribution in [0.3, 0.4) is 0 Å². The highest BCUT2D eigenvalue weighted by Crippen LogP contribution is 2.48. The van der Waals surface area contributed by atoms with Crippen LogP contribution in [0.4, 0.5) is 4.39 Å². The minimum Gasteiger partial charge on any atom is -0.497 e. The van der Waals surface area contributed by atoms with Crippen molar-refractivity contribution in [3.63, 3.8) is 0 Å². The molecule has 1 aliphatic carbocycles. The molecule has 4 nitrogen and oxygen atoms in total. The first kappa shape index (κ1) is 19.6. The summed E-state index contributed by atoms with van der Waals surface area (Å²) < 4.78 is 38.1. The fraction of sp³-hybridized carbons (Fsp3) is 0.455. The van der Waals surface area contributed by atoms with Crippen molar-refractivity contribution in [1.29, 1.82) is 0 Å². The molecule has 1 heterocycles. The molecule has 0 bridgehead atoms. The third kappa shape index (κ3) is 3.90. The molecule has 2 aromatic rings. The van der Waals surface area contributed by atoms with Crippen LogP contribution in [0.5, 0.6) is 5.75 Å². The normalized spacial score (nSPS) is 20.4. The molecule has 2 aliphatic rings. The Morgan fingerprint density at radius 2 is 1.68 bits per heavy atom. The highest BCUT2D eigenvalue weighted by molar-refractivity contribution is 6.30. The maximum absolute atomic E-state index is 14.8. The maximum Gasteiger partial charge on any atom is 0.168 e. The lowest BCUT2D eigenvalue weighted by molar-refractivity contribution is -0.216. The van der Waals surface area contributed by atoms with Gasteiger partial charge in [-0.2, -0.15) is 0 Å². The lowest BCUT2D eigenvalue weighted by atomic mass is 9.76. The third-order valence-electron chi connectivity index (χ3n) is 5.73. The zero-order valence-electron chi connectivity index (χ0n) is 15.9. The second kappa shape index (κ2) is 7.99. The van der Waals surface area contributed by atoms with Crippen LogP contribution in [0.15, 0.2) is 42.5 Å². The molecule has 1 spiro atoms. The summed E-state index contributed by atoms with van der Waals surface area (Å²) >= 11 is 5.97. The van der Waals surface area contributed by atoms with E-state index >= 15 is 0 Å². The molecule has 1 saturated heterocycles. The summed E-state index contributed by atoms with van der Waals surface area (Å²) in [6, 6.07) is 12.5. The van der Waals surface area contributed by atoms with Gasteiger partial charge in [-0.3, -0.25) is 0 Å². The molecule has 0 N–H and O–H groups in total. The number of hydrogen-bond donors (Lipinski definition) is 0. The Morgan fingerprint density at radius 3 is 2.29 bits per heavy atom. The van der Waals surface area contributed by atoms with Gasteiger partial charge in [-0.15, -0.1) is 0 Å². The summed E-state index contributed by atoms with van der Waals surface area (Å²) in [5.41, 5.74) is 0.802. The second-order valence-corrected chi connectivity index (χ2v) is 7.80. The van der Waals surface area contributed by atoms with Crippen LogP contribution in [0.25, 0.3) is 0 Å². The molecule has 0 aromatic heterocycles. The molecule has 2 fully saturated rings. The van der Waals surface area contributed by atoms with Crippen LogP contribution >= 0.6 is 11.6 Å². The molecule has 1 saturated carbocycles. The molecule has 2 aromatic carbocycles. The third-order valence-corrected chi connectivity index (χ3v) is 5.96. The Balaban J connectivity index is 1.58. The second-order valence-electron chi connectivity index (χ2n) is 7.36. The fourth-order valence-corrected chi connectivity index (χ4v) is 4.27. The monoisotopic (exact) mass is 406 g/mol. The molecular formula is C22H24ClFO4. The van der Waals surface area contributed by atoms with E-state index in [-0.39, 0.29) is 5.82 Å². The molecule has 0 unspecified atom stereocenters. The molecular weight excluding hydrogens is 383 g/mol. The van der Waals surface area contributed by atoms with Crippen molar-refractivity contribution in [3.05, 3.63) is 64.4 Å². The van der Waals surface area contributed by atoms with Gasteiger partial charge in [-0.25, -0.2) is 4.39 Å². The van der Waals surface area contributed by atoms with Crippen molar-refractivity contribution in [2.45, 2.75) is 43.7 Å². The Labute approximate surface area is 169 Å². The molecule has 28 heavy (non-hydrogen) atoms. The van der Waals surface area contributed by atoms with Gasteiger partial charge in [0.25, 0.3) is 0 Å². The number of rotatable bonds is 5. The number of benzene rings is 2. The largest absolute Gasteiger partial charge is 0.497 e. The van der Waals surface area contributed by atoms with Gasteiger partial charge in [0.1, 0.15) is 11.6 Å². The first-order valence-corrected chi connectivity index (χ1v) is 9.92. The van der Waals surface area contributed by atoms with Crippen molar-refractivity contribution in [2.24, 2.45) is 0 Å². The van der Waals surface area contributed by atoms with E-state index in [1.807, 2.05) is 24.3 Å². The van der Waals surface area contributed by atoms with Crippen LogP contribution in [-0.4, -0.2) is 26.1 Å². The Kier molecular flexibility index (Phi) is 5.61. The van der Waals surface area contributed by atoms with E-state index in [1.165, 1.54) is 6.07 Å².